The van der Waals surface area contributed by atoms with Gasteiger partial charge in [-0.3, -0.25) is 4.79 Å². The first-order valence-electron chi connectivity index (χ1n) is 11.4. The molecule has 1 unspecified atom stereocenters. The number of nitrogens with one attached hydrogen (secondary N) is 1. The molecule has 1 saturated heterocycles. The summed E-state index contributed by atoms with van der Waals surface area (Å²) in [5.41, 5.74) is 4.89. The van der Waals surface area contributed by atoms with E-state index in [2.05, 4.69) is 28.4 Å². The number of hydrogen-bond acceptors (Lipinski definition) is 6. The molecular formula is C25H29N3O3. The third-order valence-corrected chi connectivity index (χ3v) is 6.36. The summed E-state index contributed by atoms with van der Waals surface area (Å²) in [6.45, 7) is 8.44. The van der Waals surface area contributed by atoms with E-state index in [1.165, 1.54) is 6.42 Å². The number of carbonyl (C=O) groups is 1. The lowest BCUT2D eigenvalue weighted by molar-refractivity contribution is 0.104. The maximum atomic E-state index is 13.5. The van der Waals surface area contributed by atoms with Gasteiger partial charge in [-0.15, -0.1) is 0 Å². The number of aromatic nitrogens is 1. The predicted octanol–water partition coefficient (Wildman–Crippen LogP) is 5.11. The van der Waals surface area contributed by atoms with Gasteiger partial charge in [0.05, 0.1) is 16.6 Å². The highest BCUT2D eigenvalue weighted by atomic mass is 16.5. The Kier molecular flexibility index (Phi) is 5.40. The summed E-state index contributed by atoms with van der Waals surface area (Å²) in [5, 5.41) is 8.83. The normalized spacial score (nSPS) is 17.8. The maximum absolute atomic E-state index is 13.5. The zero-order chi connectivity index (χ0) is 21.4. The van der Waals surface area contributed by atoms with Gasteiger partial charge in [0.25, 0.3) is 0 Å². The average Bonchev–Trinajstić information content (AvgIpc) is 3.23. The molecule has 0 spiro atoms. The second-order valence-corrected chi connectivity index (χ2v) is 8.60. The van der Waals surface area contributed by atoms with Crippen LogP contribution in [0.15, 0.2) is 34.9 Å². The van der Waals surface area contributed by atoms with Crippen molar-refractivity contribution in [1.82, 2.24) is 5.16 Å². The Labute approximate surface area is 182 Å². The van der Waals surface area contributed by atoms with Gasteiger partial charge in [-0.05, 0) is 38.2 Å². The largest absolute Gasteiger partial charge is 0.384 e. The molecule has 1 aromatic heterocycles. The summed E-state index contributed by atoms with van der Waals surface area (Å²) in [4.78, 5) is 15.9. The number of hydrogen-bond donors (Lipinski definition) is 1. The first kappa shape index (κ1) is 20.1. The van der Waals surface area contributed by atoms with Crippen molar-refractivity contribution in [1.29, 1.82) is 0 Å². The van der Waals surface area contributed by atoms with Crippen molar-refractivity contribution >= 4 is 28.1 Å². The molecule has 6 nitrogen and oxygen atoms in total. The lowest BCUT2D eigenvalue weighted by Gasteiger charge is -2.33. The lowest BCUT2D eigenvalue weighted by atomic mass is 9.86. The number of carbonyl (C=O) groups excluding carboxylic acids is 1. The second-order valence-electron chi connectivity index (χ2n) is 8.60. The van der Waals surface area contributed by atoms with Crippen molar-refractivity contribution in [3.63, 3.8) is 0 Å². The van der Waals surface area contributed by atoms with E-state index in [1.807, 2.05) is 31.2 Å². The third-order valence-electron chi connectivity index (χ3n) is 6.36. The van der Waals surface area contributed by atoms with Gasteiger partial charge in [0.2, 0.25) is 0 Å². The Bertz CT molecular complexity index is 1120. The van der Waals surface area contributed by atoms with E-state index in [0.29, 0.717) is 36.0 Å². The van der Waals surface area contributed by atoms with E-state index in [1.54, 1.807) is 0 Å². The molecule has 0 bridgehead atoms. The first-order chi connectivity index (χ1) is 15.2. The molecule has 1 aliphatic heterocycles. The molecule has 2 aliphatic rings. The Morgan fingerprint density at radius 2 is 2.13 bits per heavy atom. The van der Waals surface area contributed by atoms with E-state index in [-0.39, 0.29) is 5.78 Å². The SMILES string of the molecule is CCOCCCNc1cc(N2CCCC(C)C2)c2noc3c2c1C(=O)c1ccccc1-3. The van der Waals surface area contributed by atoms with Crippen LogP contribution in [0.1, 0.15) is 49.0 Å². The first-order valence-corrected chi connectivity index (χ1v) is 11.4. The van der Waals surface area contributed by atoms with Crippen LogP contribution in [-0.4, -0.2) is 43.8 Å². The monoisotopic (exact) mass is 419 g/mol. The molecule has 0 amide bonds. The molecule has 1 aliphatic carbocycles. The van der Waals surface area contributed by atoms with Gasteiger partial charge in [0, 0.05) is 49.7 Å². The van der Waals surface area contributed by atoms with E-state index in [0.717, 1.165) is 60.3 Å². The molecule has 162 valence electrons. The number of anilines is 2. The van der Waals surface area contributed by atoms with Crippen LogP contribution in [0.4, 0.5) is 11.4 Å². The number of ketones is 1. The Morgan fingerprint density at radius 1 is 1.29 bits per heavy atom. The average molecular weight is 420 g/mol. The van der Waals surface area contributed by atoms with Crippen LogP contribution in [0.3, 0.4) is 0 Å². The van der Waals surface area contributed by atoms with Crippen molar-refractivity contribution in [3.05, 3.63) is 41.5 Å². The number of rotatable bonds is 7. The van der Waals surface area contributed by atoms with Crippen LogP contribution in [0.2, 0.25) is 0 Å². The minimum Gasteiger partial charge on any atom is -0.384 e. The van der Waals surface area contributed by atoms with Crippen LogP contribution in [0.25, 0.3) is 22.2 Å². The summed E-state index contributed by atoms with van der Waals surface area (Å²) in [6.07, 6.45) is 3.28. The Hall–Kier alpha value is -2.86. The number of ether oxygens (including phenoxy) is 1. The van der Waals surface area contributed by atoms with Crippen LogP contribution < -0.4 is 10.2 Å². The fraction of sp³-hybridized carbons (Fsp3) is 0.440. The number of nitrogens with zero attached hydrogens (tertiary/aromatic N) is 2. The molecule has 6 heteroatoms. The smallest absolute Gasteiger partial charge is 0.196 e. The minimum absolute atomic E-state index is 0.0298. The van der Waals surface area contributed by atoms with Crippen molar-refractivity contribution in [2.75, 3.05) is 43.1 Å². The van der Waals surface area contributed by atoms with E-state index in [4.69, 9.17) is 9.26 Å². The zero-order valence-corrected chi connectivity index (χ0v) is 18.2. The zero-order valence-electron chi connectivity index (χ0n) is 18.2. The molecule has 1 N–H and O–H groups in total. The highest BCUT2D eigenvalue weighted by Gasteiger charge is 2.34. The van der Waals surface area contributed by atoms with Gasteiger partial charge < -0.3 is 19.5 Å². The summed E-state index contributed by atoms with van der Waals surface area (Å²) < 4.78 is 11.3. The quantitative estimate of drug-likeness (QED) is 0.420. The molecule has 3 aromatic rings. The van der Waals surface area contributed by atoms with Gasteiger partial charge in [-0.25, -0.2) is 0 Å². The van der Waals surface area contributed by atoms with E-state index < -0.39 is 0 Å². The molecule has 5 rings (SSSR count). The highest BCUT2D eigenvalue weighted by molar-refractivity contribution is 6.28. The number of piperidine rings is 1. The highest BCUT2D eigenvalue weighted by Crippen LogP contribution is 2.46. The van der Waals surface area contributed by atoms with Gasteiger partial charge in [-0.2, -0.15) is 0 Å². The second kappa shape index (κ2) is 8.35. The van der Waals surface area contributed by atoms with E-state index in [9.17, 15) is 4.79 Å². The van der Waals surface area contributed by atoms with Crippen LogP contribution in [-0.2, 0) is 4.74 Å². The van der Waals surface area contributed by atoms with Crippen LogP contribution in [0, 0.1) is 5.92 Å². The van der Waals surface area contributed by atoms with Gasteiger partial charge >= 0.3 is 0 Å². The van der Waals surface area contributed by atoms with E-state index >= 15 is 0 Å². The van der Waals surface area contributed by atoms with Gasteiger partial charge in [-0.1, -0.05) is 36.3 Å². The van der Waals surface area contributed by atoms with Crippen LogP contribution in [0.5, 0.6) is 0 Å². The standard InChI is InChI=1S/C25H29N3O3/c1-3-30-13-7-11-26-19-14-20(28-12-6-8-16(2)15-28)23-22-21(19)24(29)17-9-4-5-10-18(17)25(22)31-27-23/h4-5,9-10,14,16,26H,3,6-8,11-13,15H2,1-2H3. The minimum atomic E-state index is 0.0298. The maximum Gasteiger partial charge on any atom is 0.196 e. The van der Waals surface area contributed by atoms with Gasteiger partial charge in [0.15, 0.2) is 11.5 Å². The molecule has 0 saturated carbocycles. The van der Waals surface area contributed by atoms with Gasteiger partial charge in [0.1, 0.15) is 5.52 Å². The predicted molar refractivity (Wildman–Crippen MR) is 123 cm³/mol. The molecule has 0 radical (unpaired) electrons. The lowest BCUT2D eigenvalue weighted by Crippen LogP contribution is -2.34. The summed E-state index contributed by atoms with van der Waals surface area (Å²) in [5.74, 6) is 1.36. The van der Waals surface area contributed by atoms with Crippen molar-refractivity contribution in [2.45, 2.75) is 33.1 Å². The number of fused-ring (bicyclic) bond motifs is 2. The topological polar surface area (TPSA) is 67.6 Å². The van der Waals surface area contributed by atoms with Crippen LogP contribution >= 0.6 is 0 Å². The fourth-order valence-corrected chi connectivity index (χ4v) is 4.87. The van der Waals surface area contributed by atoms with Crippen molar-refractivity contribution < 1.29 is 14.1 Å². The summed E-state index contributed by atoms with van der Waals surface area (Å²) in [6, 6.07) is 9.76. The summed E-state index contributed by atoms with van der Waals surface area (Å²) >= 11 is 0. The molecule has 2 aromatic carbocycles. The Morgan fingerprint density at radius 3 is 2.94 bits per heavy atom. The molecule has 2 heterocycles. The number of benzene rings is 2. The van der Waals surface area contributed by atoms with Crippen molar-refractivity contribution in [2.24, 2.45) is 5.92 Å². The molecule has 31 heavy (non-hydrogen) atoms. The molecule has 1 atom stereocenters. The third kappa shape index (κ3) is 3.49. The fourth-order valence-electron chi connectivity index (χ4n) is 4.87. The van der Waals surface area contributed by atoms with Crippen molar-refractivity contribution in [3.8, 4) is 11.3 Å². The molecular weight excluding hydrogens is 390 g/mol. The molecule has 1 fully saturated rings. The summed E-state index contributed by atoms with van der Waals surface area (Å²) in [7, 11) is 0. The Balaban J connectivity index is 1.63.